The van der Waals surface area contributed by atoms with Crippen molar-refractivity contribution in [3.8, 4) is 0 Å². The van der Waals surface area contributed by atoms with Gasteiger partial charge in [0.1, 0.15) is 5.78 Å². The molecule has 1 amide bonds. The summed E-state index contributed by atoms with van der Waals surface area (Å²) in [7, 11) is 0. The molecule has 1 N–H and O–H groups in total. The lowest BCUT2D eigenvalue weighted by atomic mass is 9.73. The zero-order valence-corrected chi connectivity index (χ0v) is 19.1. The minimum Gasteiger partial charge on any atom is -0.357 e. The van der Waals surface area contributed by atoms with Crippen LogP contribution in [0, 0.1) is 11.3 Å². The van der Waals surface area contributed by atoms with E-state index < -0.39 is 5.92 Å². The average Bonchev–Trinajstić information content (AvgIpc) is 3.23. The van der Waals surface area contributed by atoms with Crippen LogP contribution in [-0.4, -0.2) is 11.7 Å². The number of amides is 1. The molecule has 2 unspecified atom stereocenters. The van der Waals surface area contributed by atoms with E-state index in [-0.39, 0.29) is 29.6 Å². The molecular weight excluding hydrogens is 416 g/mol. The van der Waals surface area contributed by atoms with E-state index in [0.717, 1.165) is 27.5 Å². The Morgan fingerprint density at radius 1 is 1.06 bits per heavy atom. The lowest BCUT2D eigenvalue weighted by Crippen LogP contribution is -2.43. The fourth-order valence-electron chi connectivity index (χ4n) is 4.89. The molecule has 2 aliphatic rings. The number of para-hydroxylation sites is 2. The fourth-order valence-corrected chi connectivity index (χ4v) is 5.75. The summed E-state index contributed by atoms with van der Waals surface area (Å²) in [5, 5.41) is 5.55. The second kappa shape index (κ2) is 8.06. The molecule has 1 aromatic heterocycles. The monoisotopic (exact) mass is 442 g/mol. The van der Waals surface area contributed by atoms with Crippen LogP contribution in [0.15, 0.2) is 83.9 Å². The zero-order chi connectivity index (χ0) is 22.3. The quantitative estimate of drug-likeness (QED) is 0.542. The van der Waals surface area contributed by atoms with Crippen molar-refractivity contribution in [2.45, 2.75) is 32.7 Å². The second-order valence-corrected chi connectivity index (χ2v) is 10.2. The van der Waals surface area contributed by atoms with Gasteiger partial charge in [0.25, 0.3) is 0 Å². The predicted octanol–water partition coefficient (Wildman–Crippen LogP) is 5.99. The van der Waals surface area contributed by atoms with Crippen LogP contribution in [0.3, 0.4) is 0 Å². The van der Waals surface area contributed by atoms with Gasteiger partial charge in [-0.2, -0.15) is 0 Å². The first kappa shape index (κ1) is 20.7. The molecular formula is C27H26N2O2S. The van der Waals surface area contributed by atoms with Gasteiger partial charge in [-0.15, -0.1) is 11.3 Å². The van der Waals surface area contributed by atoms with Crippen LogP contribution >= 0.6 is 11.3 Å². The van der Waals surface area contributed by atoms with Gasteiger partial charge < -0.3 is 10.2 Å². The molecule has 0 bridgehead atoms. The van der Waals surface area contributed by atoms with E-state index in [1.807, 2.05) is 77.0 Å². The van der Waals surface area contributed by atoms with Crippen molar-refractivity contribution in [3.63, 3.8) is 0 Å². The summed E-state index contributed by atoms with van der Waals surface area (Å²) in [5.41, 5.74) is 3.30. The summed E-state index contributed by atoms with van der Waals surface area (Å²) in [6.07, 6.45) is 2.92. The van der Waals surface area contributed by atoms with E-state index in [9.17, 15) is 9.59 Å². The van der Waals surface area contributed by atoms with E-state index >= 15 is 0 Å². The van der Waals surface area contributed by atoms with Gasteiger partial charge >= 0.3 is 0 Å². The van der Waals surface area contributed by atoms with Crippen molar-refractivity contribution in [2.75, 3.05) is 10.2 Å². The number of fused-ring (bicyclic) bond motifs is 2. The molecule has 4 nitrogen and oxygen atoms in total. The molecule has 0 radical (unpaired) electrons. The number of anilines is 2. The Kier molecular flexibility index (Phi) is 5.22. The number of hydrogen-bond acceptors (Lipinski definition) is 4. The van der Waals surface area contributed by atoms with Crippen LogP contribution < -0.4 is 10.2 Å². The zero-order valence-electron chi connectivity index (χ0n) is 18.2. The highest BCUT2D eigenvalue weighted by atomic mass is 32.1. The molecule has 2 atom stereocenters. The highest BCUT2D eigenvalue weighted by molar-refractivity contribution is 7.10. The number of thiophene rings is 1. The largest absolute Gasteiger partial charge is 0.357 e. The molecule has 0 spiro atoms. The average molecular weight is 443 g/mol. The van der Waals surface area contributed by atoms with Crippen LogP contribution in [0.5, 0.6) is 0 Å². The molecule has 3 aromatic rings. The summed E-state index contributed by atoms with van der Waals surface area (Å²) >= 11 is 1.60. The maximum absolute atomic E-state index is 13.9. The molecule has 162 valence electrons. The van der Waals surface area contributed by atoms with Crippen molar-refractivity contribution in [1.29, 1.82) is 0 Å². The number of hydrogen-bond donors (Lipinski definition) is 1. The van der Waals surface area contributed by atoms with E-state index in [1.54, 1.807) is 11.3 Å². The summed E-state index contributed by atoms with van der Waals surface area (Å²) in [5.74, 6) is -0.264. The third-order valence-corrected chi connectivity index (χ3v) is 7.14. The van der Waals surface area contributed by atoms with Crippen LogP contribution in [-0.2, 0) is 16.0 Å². The number of nitrogens with zero attached hydrogens (tertiary/aromatic N) is 1. The summed E-state index contributed by atoms with van der Waals surface area (Å²) in [6, 6.07) is 21.3. The number of benzene rings is 2. The Morgan fingerprint density at radius 2 is 1.81 bits per heavy atom. The second-order valence-electron chi connectivity index (χ2n) is 9.24. The lowest BCUT2D eigenvalue weighted by Gasteiger charge is -2.38. The van der Waals surface area contributed by atoms with E-state index in [4.69, 9.17) is 0 Å². The number of carbonyl (C=O) groups excluding carboxylic acids is 2. The van der Waals surface area contributed by atoms with Crippen LogP contribution in [0.4, 0.5) is 11.4 Å². The van der Waals surface area contributed by atoms with E-state index in [2.05, 4.69) is 25.2 Å². The normalized spacial score (nSPS) is 21.6. The molecule has 0 saturated carbocycles. The standard InChI is InChI=1S/C27H26N2O2S/c1-27(2)16-20-25(22(30)17-27)26(23-13-8-14-32-23)29(21-12-7-6-11-19(21)28-20)24(31)15-18-9-4-3-5-10-18/h3-14,16,25-26,28H,15,17H2,1-2H3. The van der Waals surface area contributed by atoms with Gasteiger partial charge in [-0.1, -0.05) is 68.5 Å². The SMILES string of the molecule is CC1(C)C=C2Nc3ccccc3N(C(=O)Cc3ccccc3)C(c3cccs3)C2C(=O)C1. The first-order chi connectivity index (χ1) is 15.4. The third-order valence-electron chi connectivity index (χ3n) is 6.20. The first-order valence-electron chi connectivity index (χ1n) is 10.9. The predicted molar refractivity (Wildman–Crippen MR) is 130 cm³/mol. The van der Waals surface area contributed by atoms with Gasteiger partial charge in [0.15, 0.2) is 0 Å². The first-order valence-corrected chi connectivity index (χ1v) is 11.8. The highest BCUT2D eigenvalue weighted by Gasteiger charge is 2.46. The van der Waals surface area contributed by atoms with Crippen molar-refractivity contribution in [1.82, 2.24) is 0 Å². The highest BCUT2D eigenvalue weighted by Crippen LogP contribution is 2.49. The Labute approximate surface area is 192 Å². The molecule has 1 aliphatic carbocycles. The Bertz CT molecular complexity index is 1180. The molecule has 1 aliphatic heterocycles. The third kappa shape index (κ3) is 3.78. The molecule has 5 rings (SSSR count). The maximum Gasteiger partial charge on any atom is 0.232 e. The van der Waals surface area contributed by atoms with Crippen molar-refractivity contribution in [2.24, 2.45) is 11.3 Å². The van der Waals surface area contributed by atoms with E-state index in [1.165, 1.54) is 0 Å². The number of carbonyl (C=O) groups is 2. The Hall–Kier alpha value is -3.18. The lowest BCUT2D eigenvalue weighted by molar-refractivity contribution is -0.125. The number of Topliss-reactive ketones (excluding diaryl/α,β-unsaturated/α-hetero) is 1. The number of nitrogens with one attached hydrogen (secondary N) is 1. The number of allylic oxidation sites excluding steroid dienone is 1. The molecule has 2 heterocycles. The summed E-state index contributed by atoms with van der Waals surface area (Å²) < 4.78 is 0. The number of rotatable bonds is 3. The van der Waals surface area contributed by atoms with Crippen LogP contribution in [0.1, 0.15) is 36.8 Å². The molecule has 2 aromatic carbocycles. The van der Waals surface area contributed by atoms with Crippen molar-refractivity contribution in [3.05, 3.63) is 94.3 Å². The molecule has 5 heteroatoms. The minimum atomic E-state index is -0.422. The Morgan fingerprint density at radius 3 is 2.56 bits per heavy atom. The van der Waals surface area contributed by atoms with Gasteiger partial charge in [0.05, 0.1) is 29.8 Å². The smallest absolute Gasteiger partial charge is 0.232 e. The number of ketones is 1. The molecule has 0 fully saturated rings. The topological polar surface area (TPSA) is 49.4 Å². The molecule has 32 heavy (non-hydrogen) atoms. The van der Waals surface area contributed by atoms with Gasteiger partial charge in [0.2, 0.25) is 5.91 Å². The summed E-state index contributed by atoms with van der Waals surface area (Å²) in [4.78, 5) is 30.3. The van der Waals surface area contributed by atoms with Gasteiger partial charge in [-0.25, -0.2) is 0 Å². The van der Waals surface area contributed by atoms with Gasteiger partial charge in [-0.3, -0.25) is 9.59 Å². The Balaban J connectivity index is 1.69. The van der Waals surface area contributed by atoms with Gasteiger partial charge in [-0.05, 0) is 34.6 Å². The van der Waals surface area contributed by atoms with Crippen molar-refractivity contribution < 1.29 is 9.59 Å². The van der Waals surface area contributed by atoms with Gasteiger partial charge in [0, 0.05) is 17.0 Å². The van der Waals surface area contributed by atoms with Crippen LogP contribution in [0.2, 0.25) is 0 Å². The molecule has 0 saturated heterocycles. The van der Waals surface area contributed by atoms with Crippen molar-refractivity contribution >= 4 is 34.4 Å². The van der Waals surface area contributed by atoms with Crippen LogP contribution in [0.25, 0.3) is 0 Å². The van der Waals surface area contributed by atoms with E-state index in [0.29, 0.717) is 6.42 Å². The minimum absolute atomic E-state index is 0.0114. The fraction of sp³-hybridized carbons (Fsp3) is 0.259. The maximum atomic E-state index is 13.9. The summed E-state index contributed by atoms with van der Waals surface area (Å²) in [6.45, 7) is 4.18.